The lowest BCUT2D eigenvalue weighted by Crippen LogP contribution is -2.42. The summed E-state index contributed by atoms with van der Waals surface area (Å²) in [6.07, 6.45) is 4.72. The molecule has 0 saturated carbocycles. The van der Waals surface area contributed by atoms with Gasteiger partial charge in [-0.1, -0.05) is 22.9 Å². The Kier molecular flexibility index (Phi) is 3.56. The Hall–Kier alpha value is -1.57. The van der Waals surface area contributed by atoms with E-state index in [9.17, 15) is 4.79 Å². The number of hydrogen-bond acceptors (Lipinski definition) is 6. The van der Waals surface area contributed by atoms with Crippen molar-refractivity contribution >= 4 is 28.8 Å². The zero-order valence-electron chi connectivity index (χ0n) is 11.5. The Labute approximate surface area is 135 Å². The zero-order chi connectivity index (χ0) is 15.1. The molecule has 0 radical (unpaired) electrons. The van der Waals surface area contributed by atoms with Gasteiger partial charge in [-0.3, -0.25) is 4.79 Å². The summed E-state index contributed by atoms with van der Waals surface area (Å²) in [6, 6.07) is 4.66. The van der Waals surface area contributed by atoms with E-state index in [4.69, 9.17) is 20.8 Å². The molecule has 6 nitrogen and oxygen atoms in total. The average Bonchev–Trinajstić information content (AvgIpc) is 3.24. The molecule has 8 heteroatoms. The first-order chi connectivity index (χ1) is 10.7. The third-order valence-electron chi connectivity index (χ3n) is 4.06. The standard InChI is InChI=1S/C14H14ClN3O3S/c15-11-6-20-14(18-11)21-12-4-3-10(22-12)13(19)17-9-5-7-1-2-8(9)16-7/h3-4,6-9,16H,1-2,5H2,(H,17,19)/t7-,8+,9-/m1/s1. The van der Waals surface area contributed by atoms with Gasteiger partial charge in [-0.05, 0) is 31.4 Å². The number of nitrogens with zero attached hydrogens (tertiary/aromatic N) is 1. The van der Waals surface area contributed by atoms with Crippen molar-refractivity contribution in [2.24, 2.45) is 0 Å². The van der Waals surface area contributed by atoms with Crippen LogP contribution in [0.2, 0.25) is 5.15 Å². The minimum absolute atomic E-state index is 0.0652. The average molecular weight is 340 g/mol. The Balaban J connectivity index is 1.39. The van der Waals surface area contributed by atoms with Crippen LogP contribution < -0.4 is 15.4 Å². The molecule has 4 rings (SSSR count). The second-order valence-electron chi connectivity index (χ2n) is 5.52. The Morgan fingerprint density at radius 1 is 1.50 bits per heavy atom. The molecular weight excluding hydrogens is 326 g/mol. The van der Waals surface area contributed by atoms with Gasteiger partial charge >= 0.3 is 6.08 Å². The number of thiophene rings is 1. The van der Waals surface area contributed by atoms with E-state index in [1.807, 2.05) is 0 Å². The molecule has 4 heterocycles. The van der Waals surface area contributed by atoms with E-state index >= 15 is 0 Å². The molecule has 22 heavy (non-hydrogen) atoms. The van der Waals surface area contributed by atoms with Crippen molar-refractivity contribution in [2.75, 3.05) is 0 Å². The number of carbonyl (C=O) groups excluding carboxylic acids is 1. The van der Waals surface area contributed by atoms with Crippen LogP contribution in [0, 0.1) is 0 Å². The minimum Gasteiger partial charge on any atom is -0.416 e. The molecule has 2 bridgehead atoms. The van der Waals surface area contributed by atoms with Crippen LogP contribution in [0.15, 0.2) is 22.8 Å². The summed E-state index contributed by atoms with van der Waals surface area (Å²) < 4.78 is 10.4. The molecule has 0 spiro atoms. The number of rotatable bonds is 4. The summed E-state index contributed by atoms with van der Waals surface area (Å²) in [5.41, 5.74) is 0. The maximum absolute atomic E-state index is 12.3. The van der Waals surface area contributed by atoms with E-state index in [1.165, 1.54) is 24.0 Å². The van der Waals surface area contributed by atoms with Crippen LogP contribution in [0.3, 0.4) is 0 Å². The zero-order valence-corrected chi connectivity index (χ0v) is 13.1. The second-order valence-corrected chi connectivity index (χ2v) is 6.95. The Morgan fingerprint density at radius 3 is 3.09 bits per heavy atom. The summed E-state index contributed by atoms with van der Waals surface area (Å²) in [5.74, 6) is -0.0652. The number of amides is 1. The van der Waals surface area contributed by atoms with Crippen molar-refractivity contribution in [1.82, 2.24) is 15.6 Å². The van der Waals surface area contributed by atoms with Crippen LogP contribution in [0.5, 0.6) is 11.1 Å². The fraction of sp³-hybridized carbons (Fsp3) is 0.429. The number of fused-ring (bicyclic) bond motifs is 2. The van der Waals surface area contributed by atoms with Crippen LogP contribution in [0.25, 0.3) is 0 Å². The van der Waals surface area contributed by atoms with Crippen molar-refractivity contribution in [3.63, 3.8) is 0 Å². The highest BCUT2D eigenvalue weighted by atomic mass is 35.5. The predicted octanol–water partition coefficient (Wildman–Crippen LogP) is 2.80. The fourth-order valence-corrected chi connectivity index (χ4v) is 3.96. The fourth-order valence-electron chi connectivity index (χ4n) is 3.09. The number of carbonyl (C=O) groups is 1. The molecule has 2 N–H and O–H groups in total. The van der Waals surface area contributed by atoms with Gasteiger partial charge in [0.05, 0.1) is 4.88 Å². The SMILES string of the molecule is O=C(N[C@@H]1C[C@H]2CC[C@@H]1N2)c1ccc(Oc2nc(Cl)co2)s1. The lowest BCUT2D eigenvalue weighted by molar-refractivity contribution is 0.0935. The highest BCUT2D eigenvalue weighted by molar-refractivity contribution is 7.15. The third kappa shape index (κ3) is 2.71. The van der Waals surface area contributed by atoms with Gasteiger partial charge in [0.2, 0.25) is 0 Å². The highest BCUT2D eigenvalue weighted by Crippen LogP contribution is 2.31. The van der Waals surface area contributed by atoms with Gasteiger partial charge in [0.1, 0.15) is 6.26 Å². The molecule has 0 aromatic carbocycles. The van der Waals surface area contributed by atoms with Crippen LogP contribution in [0.4, 0.5) is 0 Å². The smallest absolute Gasteiger partial charge is 0.401 e. The topological polar surface area (TPSA) is 76.4 Å². The Bertz CT molecular complexity index is 701. The first-order valence-electron chi connectivity index (χ1n) is 7.13. The van der Waals surface area contributed by atoms with E-state index in [0.29, 0.717) is 22.0 Å². The normalized spacial score (nSPS) is 26.3. The molecule has 116 valence electrons. The van der Waals surface area contributed by atoms with E-state index in [1.54, 1.807) is 12.1 Å². The van der Waals surface area contributed by atoms with Crippen LogP contribution in [-0.4, -0.2) is 29.0 Å². The molecule has 2 aliphatic rings. The van der Waals surface area contributed by atoms with Gasteiger partial charge in [-0.15, -0.1) is 0 Å². The van der Waals surface area contributed by atoms with Crippen molar-refractivity contribution in [3.05, 3.63) is 28.4 Å². The maximum Gasteiger partial charge on any atom is 0.401 e. The van der Waals surface area contributed by atoms with Gasteiger partial charge in [0, 0.05) is 18.1 Å². The van der Waals surface area contributed by atoms with Crippen molar-refractivity contribution in [1.29, 1.82) is 0 Å². The molecule has 1 amide bonds. The summed E-state index contributed by atoms with van der Waals surface area (Å²) in [7, 11) is 0. The number of hydrogen-bond donors (Lipinski definition) is 2. The lowest BCUT2D eigenvalue weighted by atomic mass is 9.95. The summed E-state index contributed by atoms with van der Waals surface area (Å²) in [6.45, 7) is 0. The molecule has 2 aliphatic heterocycles. The second kappa shape index (κ2) is 5.57. The predicted molar refractivity (Wildman–Crippen MR) is 81.7 cm³/mol. The van der Waals surface area contributed by atoms with E-state index in [0.717, 1.165) is 12.8 Å². The first kappa shape index (κ1) is 14.0. The lowest BCUT2D eigenvalue weighted by Gasteiger charge is -2.20. The van der Waals surface area contributed by atoms with Crippen LogP contribution in [-0.2, 0) is 0 Å². The molecule has 0 aliphatic carbocycles. The Morgan fingerprint density at radius 2 is 2.41 bits per heavy atom. The van der Waals surface area contributed by atoms with Gasteiger partial charge in [0.15, 0.2) is 10.2 Å². The van der Waals surface area contributed by atoms with Gasteiger partial charge in [-0.2, -0.15) is 4.98 Å². The monoisotopic (exact) mass is 339 g/mol. The van der Waals surface area contributed by atoms with E-state index in [2.05, 4.69) is 15.6 Å². The molecular formula is C14H14ClN3O3S. The molecule has 2 fully saturated rings. The quantitative estimate of drug-likeness (QED) is 0.895. The van der Waals surface area contributed by atoms with Crippen molar-refractivity contribution in [3.8, 4) is 11.1 Å². The van der Waals surface area contributed by atoms with Gasteiger partial charge in [-0.25, -0.2) is 0 Å². The van der Waals surface area contributed by atoms with Crippen LogP contribution >= 0.6 is 22.9 Å². The van der Waals surface area contributed by atoms with Crippen molar-refractivity contribution < 1.29 is 13.9 Å². The van der Waals surface area contributed by atoms with Gasteiger partial charge in [0.25, 0.3) is 5.91 Å². The number of aromatic nitrogens is 1. The summed E-state index contributed by atoms with van der Waals surface area (Å²) in [4.78, 5) is 16.8. The summed E-state index contributed by atoms with van der Waals surface area (Å²) in [5, 5.41) is 7.37. The molecule has 3 atom stereocenters. The number of halogens is 1. The van der Waals surface area contributed by atoms with Gasteiger partial charge < -0.3 is 19.8 Å². The molecule has 2 aromatic rings. The molecule has 2 saturated heterocycles. The van der Waals surface area contributed by atoms with Crippen LogP contribution in [0.1, 0.15) is 28.9 Å². The summed E-state index contributed by atoms with van der Waals surface area (Å²) >= 11 is 6.91. The number of ether oxygens (including phenoxy) is 1. The third-order valence-corrected chi connectivity index (χ3v) is 5.20. The number of nitrogens with one attached hydrogen (secondary N) is 2. The first-order valence-corrected chi connectivity index (χ1v) is 8.32. The highest BCUT2D eigenvalue weighted by Gasteiger charge is 2.39. The largest absolute Gasteiger partial charge is 0.416 e. The van der Waals surface area contributed by atoms with E-state index < -0.39 is 0 Å². The number of oxazole rings is 1. The maximum atomic E-state index is 12.3. The minimum atomic E-state index is -0.0652. The molecule has 2 aromatic heterocycles. The van der Waals surface area contributed by atoms with E-state index in [-0.39, 0.29) is 23.2 Å². The molecule has 0 unspecified atom stereocenters. The van der Waals surface area contributed by atoms with Crippen molar-refractivity contribution in [2.45, 2.75) is 37.4 Å².